The molecule has 7 nitrogen and oxygen atoms in total. The molecule has 10 heteroatoms. The van der Waals surface area contributed by atoms with Crippen LogP contribution in [-0.2, 0) is 9.59 Å². The molecule has 4 N–H and O–H groups in total. The molecule has 34 heavy (non-hydrogen) atoms. The van der Waals surface area contributed by atoms with Gasteiger partial charge in [-0.1, -0.05) is 11.8 Å². The number of carbonyl (C=O) groups is 3. The lowest BCUT2D eigenvalue weighted by atomic mass is 9.91. The van der Waals surface area contributed by atoms with Crippen molar-refractivity contribution in [1.29, 1.82) is 0 Å². The van der Waals surface area contributed by atoms with Crippen LogP contribution in [0.15, 0.2) is 48.5 Å². The number of nitrogens with one attached hydrogen (secondary N) is 3. The largest absolute Gasteiger partial charge is 0.343 e. The molecule has 2 atom stereocenters. The van der Waals surface area contributed by atoms with E-state index in [1.807, 2.05) is 5.32 Å². The standard InChI is InChI=1S/C24H20F3N3O4/c1-15(31)29-24(2,23(26)27)20(22(33)30-34)28-21(32)18-11-7-16(8-12-18)5-3-4-6-17-9-13-19(25)14-10-17/h7-14,20,23,34H,1-2H3,(H,28,32)(H,29,31)(H,30,33)/t20-,24?/m1/s1. The number of alkyl halides is 2. The van der Waals surface area contributed by atoms with Gasteiger partial charge in [-0.15, -0.1) is 0 Å². The van der Waals surface area contributed by atoms with Gasteiger partial charge in [0.15, 0.2) is 0 Å². The number of rotatable bonds is 6. The summed E-state index contributed by atoms with van der Waals surface area (Å²) in [6.07, 6.45) is -3.26. The zero-order chi connectivity index (χ0) is 25.3. The Morgan fingerprint density at radius 1 is 0.941 bits per heavy atom. The van der Waals surface area contributed by atoms with Crippen LogP contribution in [0.4, 0.5) is 13.2 Å². The third-order valence-electron chi connectivity index (χ3n) is 4.61. The molecular weight excluding hydrogens is 451 g/mol. The summed E-state index contributed by atoms with van der Waals surface area (Å²) in [6.45, 7) is 1.84. The van der Waals surface area contributed by atoms with Crippen molar-refractivity contribution < 1.29 is 32.8 Å². The second-order valence-corrected chi connectivity index (χ2v) is 7.23. The SMILES string of the molecule is CC(=O)NC(C)(C(F)F)[C@H](NC(=O)c1ccc(C#CC#Cc2ccc(F)cc2)cc1)C(=O)NO. The number of benzene rings is 2. The Kier molecular flexibility index (Phi) is 8.82. The van der Waals surface area contributed by atoms with E-state index in [4.69, 9.17) is 5.21 Å². The fourth-order valence-electron chi connectivity index (χ4n) is 2.84. The molecule has 3 amide bonds. The van der Waals surface area contributed by atoms with Gasteiger partial charge in [-0.3, -0.25) is 19.6 Å². The van der Waals surface area contributed by atoms with Gasteiger partial charge >= 0.3 is 0 Å². The third kappa shape index (κ3) is 6.86. The minimum atomic E-state index is -3.26. The highest BCUT2D eigenvalue weighted by molar-refractivity contribution is 5.98. The molecule has 176 valence electrons. The van der Waals surface area contributed by atoms with Crippen LogP contribution in [0, 0.1) is 29.5 Å². The first-order chi connectivity index (χ1) is 16.1. The predicted molar refractivity (Wildman–Crippen MR) is 116 cm³/mol. The molecule has 1 unspecified atom stereocenters. The van der Waals surface area contributed by atoms with E-state index in [-0.39, 0.29) is 11.4 Å². The van der Waals surface area contributed by atoms with Crippen LogP contribution in [0.2, 0.25) is 0 Å². The van der Waals surface area contributed by atoms with Crippen LogP contribution in [-0.4, -0.2) is 40.9 Å². The molecule has 2 aromatic carbocycles. The molecule has 0 aromatic heterocycles. The number of halogens is 3. The number of hydroxylamine groups is 1. The van der Waals surface area contributed by atoms with Crippen molar-refractivity contribution in [2.24, 2.45) is 0 Å². The van der Waals surface area contributed by atoms with Crippen LogP contribution < -0.4 is 16.1 Å². The van der Waals surface area contributed by atoms with E-state index in [1.165, 1.54) is 54.0 Å². The van der Waals surface area contributed by atoms with E-state index in [0.717, 1.165) is 13.8 Å². The van der Waals surface area contributed by atoms with E-state index >= 15 is 0 Å². The second kappa shape index (κ2) is 11.5. The zero-order valence-corrected chi connectivity index (χ0v) is 18.1. The molecule has 2 aromatic rings. The maximum atomic E-state index is 13.7. The zero-order valence-electron chi connectivity index (χ0n) is 18.1. The van der Waals surface area contributed by atoms with Gasteiger partial charge in [0.25, 0.3) is 18.2 Å². The Bertz CT molecular complexity index is 1180. The lowest BCUT2D eigenvalue weighted by molar-refractivity contribution is -0.137. The van der Waals surface area contributed by atoms with E-state index in [0.29, 0.717) is 11.1 Å². The van der Waals surface area contributed by atoms with Gasteiger partial charge in [-0.2, -0.15) is 0 Å². The summed E-state index contributed by atoms with van der Waals surface area (Å²) in [4.78, 5) is 36.0. The maximum Gasteiger partial charge on any atom is 0.268 e. The molecule has 0 heterocycles. The number of amides is 3. The van der Waals surface area contributed by atoms with E-state index in [9.17, 15) is 27.6 Å². The fourth-order valence-corrected chi connectivity index (χ4v) is 2.84. The summed E-state index contributed by atoms with van der Waals surface area (Å²) in [5, 5.41) is 13.0. The molecule has 0 saturated heterocycles. The van der Waals surface area contributed by atoms with Gasteiger partial charge in [-0.25, -0.2) is 18.7 Å². The molecule has 0 fully saturated rings. The quantitative estimate of drug-likeness (QED) is 0.294. The Morgan fingerprint density at radius 3 is 1.88 bits per heavy atom. The minimum Gasteiger partial charge on any atom is -0.343 e. The monoisotopic (exact) mass is 471 g/mol. The summed E-state index contributed by atoms with van der Waals surface area (Å²) >= 11 is 0. The second-order valence-electron chi connectivity index (χ2n) is 7.23. The summed E-state index contributed by atoms with van der Waals surface area (Å²) < 4.78 is 40.3. The number of carbonyl (C=O) groups excluding carboxylic acids is 3. The summed E-state index contributed by atoms with van der Waals surface area (Å²) in [5.74, 6) is 7.23. The van der Waals surface area contributed by atoms with Gasteiger partial charge in [0.2, 0.25) is 5.91 Å². The fraction of sp³-hybridized carbons (Fsp3) is 0.208. The minimum absolute atomic E-state index is 0.0122. The van der Waals surface area contributed by atoms with Crippen molar-refractivity contribution in [2.75, 3.05) is 0 Å². The van der Waals surface area contributed by atoms with Crippen LogP contribution in [0.25, 0.3) is 0 Å². The molecule has 0 aliphatic heterocycles. The summed E-state index contributed by atoms with van der Waals surface area (Å²) in [5.41, 5.74) is -0.191. The van der Waals surface area contributed by atoms with Crippen molar-refractivity contribution in [2.45, 2.75) is 31.9 Å². The normalized spacial score (nSPS) is 12.7. The lowest BCUT2D eigenvalue weighted by Crippen LogP contribution is -2.68. The molecule has 0 aliphatic rings. The average Bonchev–Trinajstić information content (AvgIpc) is 2.80. The van der Waals surface area contributed by atoms with Crippen molar-refractivity contribution in [3.8, 4) is 23.7 Å². The highest BCUT2D eigenvalue weighted by Gasteiger charge is 2.48. The van der Waals surface area contributed by atoms with Gasteiger partial charge in [0.1, 0.15) is 17.4 Å². The average molecular weight is 471 g/mol. The van der Waals surface area contributed by atoms with Crippen LogP contribution in [0.5, 0.6) is 0 Å². The summed E-state index contributed by atoms with van der Waals surface area (Å²) in [7, 11) is 0. The van der Waals surface area contributed by atoms with E-state index in [2.05, 4.69) is 29.0 Å². The van der Waals surface area contributed by atoms with E-state index < -0.39 is 35.7 Å². The van der Waals surface area contributed by atoms with E-state index in [1.54, 1.807) is 0 Å². The number of hydrogen-bond acceptors (Lipinski definition) is 4. The predicted octanol–water partition coefficient (Wildman–Crippen LogP) is 1.99. The summed E-state index contributed by atoms with van der Waals surface area (Å²) in [6, 6.07) is 9.21. The Balaban J connectivity index is 2.17. The molecule has 0 radical (unpaired) electrons. The topological polar surface area (TPSA) is 108 Å². The first-order valence-electron chi connectivity index (χ1n) is 9.76. The van der Waals surface area contributed by atoms with Gasteiger partial charge in [-0.05, 0) is 67.3 Å². The van der Waals surface area contributed by atoms with Crippen molar-refractivity contribution in [1.82, 2.24) is 16.1 Å². The smallest absolute Gasteiger partial charge is 0.268 e. The number of hydrogen-bond donors (Lipinski definition) is 4. The van der Waals surface area contributed by atoms with Crippen molar-refractivity contribution >= 4 is 17.7 Å². The van der Waals surface area contributed by atoms with Gasteiger partial charge in [0, 0.05) is 23.6 Å². The molecule has 0 bridgehead atoms. The third-order valence-corrected chi connectivity index (χ3v) is 4.61. The van der Waals surface area contributed by atoms with Crippen LogP contribution in [0.3, 0.4) is 0 Å². The molecule has 0 saturated carbocycles. The first kappa shape index (κ1) is 26.0. The van der Waals surface area contributed by atoms with Gasteiger partial charge in [0.05, 0.1) is 0 Å². The molecular formula is C24H20F3N3O4. The Hall–Kier alpha value is -4.28. The first-order valence-corrected chi connectivity index (χ1v) is 9.76. The molecule has 0 aliphatic carbocycles. The molecule has 2 rings (SSSR count). The van der Waals surface area contributed by atoms with Crippen molar-refractivity contribution in [3.63, 3.8) is 0 Å². The highest BCUT2D eigenvalue weighted by Crippen LogP contribution is 2.21. The van der Waals surface area contributed by atoms with Crippen molar-refractivity contribution in [3.05, 3.63) is 71.0 Å². The van der Waals surface area contributed by atoms with Crippen LogP contribution in [0.1, 0.15) is 35.3 Å². The lowest BCUT2D eigenvalue weighted by Gasteiger charge is -2.36. The Morgan fingerprint density at radius 2 is 1.44 bits per heavy atom. The maximum absolute atomic E-state index is 13.7. The van der Waals surface area contributed by atoms with Crippen LogP contribution >= 0.6 is 0 Å². The highest BCUT2D eigenvalue weighted by atomic mass is 19.3. The Labute approximate surface area is 193 Å². The molecule has 0 spiro atoms. The van der Waals surface area contributed by atoms with Gasteiger partial charge < -0.3 is 10.6 Å².